The highest BCUT2D eigenvalue weighted by Crippen LogP contribution is 2.45. The predicted molar refractivity (Wildman–Crippen MR) is 345 cm³/mol. The lowest BCUT2D eigenvalue weighted by Crippen LogP contribution is -2.30. The first-order valence-electron chi connectivity index (χ1n) is 35.1. The fraction of sp³-hybridized carbons (Fsp3) is 0.940. The van der Waals surface area contributed by atoms with Crippen LogP contribution in [0.25, 0.3) is 0 Å². The molecule has 0 aromatic heterocycles. The number of hydrogen-bond acceptors (Lipinski definition) is 15. The van der Waals surface area contributed by atoms with Gasteiger partial charge in [-0.05, 0) is 31.6 Å². The van der Waals surface area contributed by atoms with Gasteiger partial charge in [0.1, 0.15) is 19.3 Å². The Morgan fingerprint density at radius 1 is 0.314 bits per heavy atom. The Bertz CT molecular complexity index is 1670. The maximum absolute atomic E-state index is 13.0. The number of rotatable bonds is 67. The molecule has 0 radical (unpaired) electrons. The van der Waals surface area contributed by atoms with Crippen LogP contribution in [-0.2, 0) is 65.4 Å². The Kier molecular flexibility index (Phi) is 59.2. The molecule has 0 aromatic rings. The van der Waals surface area contributed by atoms with E-state index >= 15 is 0 Å². The predicted octanol–water partition coefficient (Wildman–Crippen LogP) is 19.0. The van der Waals surface area contributed by atoms with Gasteiger partial charge < -0.3 is 33.8 Å². The first kappa shape index (κ1) is 84.1. The summed E-state index contributed by atoms with van der Waals surface area (Å²) in [7, 11) is -9.89. The summed E-state index contributed by atoms with van der Waals surface area (Å²) in [5.74, 6) is -1.37. The van der Waals surface area contributed by atoms with Crippen molar-refractivity contribution < 1.29 is 80.2 Å². The average molecular weight is 1270 g/mol. The largest absolute Gasteiger partial charge is 0.472 e. The second kappa shape index (κ2) is 60.6. The van der Waals surface area contributed by atoms with Crippen molar-refractivity contribution in [1.29, 1.82) is 0 Å². The highest BCUT2D eigenvalue weighted by Gasteiger charge is 2.30. The normalized spacial score (nSPS) is 14.2. The van der Waals surface area contributed by atoms with Crippen molar-refractivity contribution in [2.24, 2.45) is 5.92 Å². The van der Waals surface area contributed by atoms with E-state index in [-0.39, 0.29) is 25.7 Å². The Balaban J connectivity index is 5.24. The van der Waals surface area contributed by atoms with Crippen LogP contribution in [0, 0.1) is 5.92 Å². The van der Waals surface area contributed by atoms with E-state index in [0.717, 1.165) is 95.8 Å². The molecule has 5 atom stereocenters. The number of phosphoric acid groups is 2. The van der Waals surface area contributed by atoms with Crippen molar-refractivity contribution in [3.05, 3.63) is 0 Å². The van der Waals surface area contributed by atoms with Crippen molar-refractivity contribution in [2.75, 3.05) is 39.6 Å². The molecule has 0 bridgehead atoms. The lowest BCUT2D eigenvalue weighted by molar-refractivity contribution is -0.161. The average Bonchev–Trinajstić information content (AvgIpc) is 3.64. The van der Waals surface area contributed by atoms with Gasteiger partial charge in [0.05, 0.1) is 26.4 Å². The van der Waals surface area contributed by atoms with E-state index in [2.05, 4.69) is 34.6 Å². The van der Waals surface area contributed by atoms with Gasteiger partial charge >= 0.3 is 39.5 Å². The van der Waals surface area contributed by atoms with Gasteiger partial charge in [0, 0.05) is 25.7 Å². The van der Waals surface area contributed by atoms with Gasteiger partial charge in [-0.1, -0.05) is 291 Å². The molecule has 3 N–H and O–H groups in total. The highest BCUT2D eigenvalue weighted by atomic mass is 31.2. The van der Waals surface area contributed by atoms with Crippen molar-refractivity contribution >= 4 is 39.5 Å². The summed E-state index contributed by atoms with van der Waals surface area (Å²) in [6.45, 7) is 7.20. The highest BCUT2D eigenvalue weighted by molar-refractivity contribution is 7.47. The smallest absolute Gasteiger partial charge is 0.462 e. The quantitative estimate of drug-likeness (QED) is 0.0222. The van der Waals surface area contributed by atoms with Crippen LogP contribution in [0.2, 0.25) is 0 Å². The van der Waals surface area contributed by atoms with Crippen LogP contribution in [0.5, 0.6) is 0 Å². The van der Waals surface area contributed by atoms with Crippen LogP contribution in [0.15, 0.2) is 0 Å². The summed E-state index contributed by atoms with van der Waals surface area (Å²) in [5.41, 5.74) is 0. The molecule has 17 nitrogen and oxygen atoms in total. The third-order valence-electron chi connectivity index (χ3n) is 15.5. The zero-order valence-electron chi connectivity index (χ0n) is 55.4. The molecule has 2 unspecified atom stereocenters. The minimum Gasteiger partial charge on any atom is -0.462 e. The molecular formula is C67H130O17P2. The molecule has 0 rings (SSSR count). The fourth-order valence-electron chi connectivity index (χ4n) is 10.1. The van der Waals surface area contributed by atoms with Gasteiger partial charge in [-0.15, -0.1) is 0 Å². The van der Waals surface area contributed by atoms with Gasteiger partial charge in [-0.3, -0.25) is 37.3 Å². The van der Waals surface area contributed by atoms with Crippen molar-refractivity contribution in [3.8, 4) is 0 Å². The van der Waals surface area contributed by atoms with E-state index in [1.54, 1.807) is 0 Å². The molecule has 0 saturated carbocycles. The van der Waals surface area contributed by atoms with Gasteiger partial charge in [0.2, 0.25) is 0 Å². The van der Waals surface area contributed by atoms with Gasteiger partial charge in [0.25, 0.3) is 0 Å². The maximum Gasteiger partial charge on any atom is 0.472 e. The fourth-order valence-corrected chi connectivity index (χ4v) is 11.7. The molecule has 0 amide bonds. The Hall–Kier alpha value is -1.94. The second-order valence-corrected chi connectivity index (χ2v) is 27.6. The number of hydrogen-bond donors (Lipinski definition) is 3. The number of esters is 4. The maximum atomic E-state index is 13.0. The number of aliphatic hydroxyl groups excluding tert-OH is 1. The summed E-state index contributed by atoms with van der Waals surface area (Å²) in [4.78, 5) is 72.3. The number of carbonyl (C=O) groups excluding carboxylic acids is 4. The first-order chi connectivity index (χ1) is 41.5. The Morgan fingerprint density at radius 2 is 0.535 bits per heavy atom. The van der Waals surface area contributed by atoms with Crippen molar-refractivity contribution in [2.45, 2.75) is 361 Å². The Labute approximate surface area is 524 Å². The van der Waals surface area contributed by atoms with Crippen LogP contribution in [0.3, 0.4) is 0 Å². The third kappa shape index (κ3) is 60.9. The van der Waals surface area contributed by atoms with Crippen LogP contribution < -0.4 is 0 Å². The van der Waals surface area contributed by atoms with Crippen LogP contribution in [0.1, 0.15) is 343 Å². The Morgan fingerprint density at radius 3 is 0.791 bits per heavy atom. The topological polar surface area (TPSA) is 237 Å². The van der Waals surface area contributed by atoms with E-state index < -0.39 is 97.5 Å². The molecule has 0 aliphatic rings. The standard InChI is InChI=1S/C67H130O17P2/c1-6-9-12-15-18-21-24-25-26-32-36-41-46-51-65(70)78-57-63(84-67(72)53-48-43-38-33-28-27-29-34-39-44-49-60(4)5)59-82-86(75,76)80-55-61(68)54-79-85(73,74)81-58-62(83-66(71)52-47-42-37-31-23-20-17-14-11-8-3)56-77-64(69)50-45-40-35-30-22-19-16-13-10-7-2/h60-63,68H,6-59H2,1-5H3,(H,73,74)(H,75,76)/t61-,62+,63+/m0/s1. The molecule has 0 fully saturated rings. The van der Waals surface area contributed by atoms with Gasteiger partial charge in [0.15, 0.2) is 12.2 Å². The molecule has 19 heteroatoms. The lowest BCUT2D eigenvalue weighted by atomic mass is 10.0. The van der Waals surface area contributed by atoms with E-state index in [4.69, 9.17) is 37.0 Å². The number of phosphoric ester groups is 2. The number of aliphatic hydroxyl groups is 1. The SMILES string of the molecule is CCCCCCCCCCCCCCCC(=O)OC[C@H](COP(=O)(O)OC[C@@H](O)COP(=O)(O)OC[C@@H](COC(=O)CCCCCCCCCCCC)OC(=O)CCCCCCCCCCCC)OC(=O)CCCCCCCCCCCCC(C)C. The lowest BCUT2D eigenvalue weighted by Gasteiger charge is -2.21. The zero-order valence-corrected chi connectivity index (χ0v) is 57.2. The molecule has 0 aliphatic carbocycles. The summed E-state index contributed by atoms with van der Waals surface area (Å²) >= 11 is 0. The van der Waals surface area contributed by atoms with E-state index in [0.29, 0.717) is 25.7 Å². The minimum absolute atomic E-state index is 0.106. The molecular weight excluding hydrogens is 1140 g/mol. The van der Waals surface area contributed by atoms with Crippen LogP contribution >= 0.6 is 15.6 Å². The minimum atomic E-state index is -4.95. The summed E-state index contributed by atoms with van der Waals surface area (Å²) in [6.07, 6.45) is 45.6. The van der Waals surface area contributed by atoms with E-state index in [1.807, 2.05) is 0 Å². The summed E-state index contributed by atoms with van der Waals surface area (Å²) in [5, 5.41) is 10.6. The number of unbranched alkanes of at least 4 members (excludes halogenated alkanes) is 39. The van der Waals surface area contributed by atoms with Gasteiger partial charge in [-0.25, -0.2) is 9.13 Å². The van der Waals surface area contributed by atoms with Crippen LogP contribution in [0.4, 0.5) is 0 Å². The number of ether oxygens (including phenoxy) is 4. The molecule has 86 heavy (non-hydrogen) atoms. The molecule has 0 aliphatic heterocycles. The van der Waals surface area contributed by atoms with E-state index in [1.165, 1.54) is 167 Å². The van der Waals surface area contributed by atoms with Crippen molar-refractivity contribution in [3.63, 3.8) is 0 Å². The zero-order chi connectivity index (χ0) is 63.5. The molecule has 0 spiro atoms. The molecule has 510 valence electrons. The molecule has 0 saturated heterocycles. The number of carbonyl (C=O) groups is 4. The summed E-state index contributed by atoms with van der Waals surface area (Å²) < 4.78 is 68.1. The molecule has 0 aromatic carbocycles. The van der Waals surface area contributed by atoms with Crippen molar-refractivity contribution in [1.82, 2.24) is 0 Å². The third-order valence-corrected chi connectivity index (χ3v) is 17.4. The van der Waals surface area contributed by atoms with Crippen LogP contribution in [-0.4, -0.2) is 96.7 Å². The molecule has 0 heterocycles. The van der Waals surface area contributed by atoms with E-state index in [9.17, 15) is 43.2 Å². The van der Waals surface area contributed by atoms with Gasteiger partial charge in [-0.2, -0.15) is 0 Å². The monoisotopic (exact) mass is 1270 g/mol. The second-order valence-electron chi connectivity index (χ2n) is 24.7. The summed E-state index contributed by atoms with van der Waals surface area (Å²) in [6, 6.07) is 0. The first-order valence-corrected chi connectivity index (χ1v) is 38.1.